The van der Waals surface area contributed by atoms with Crippen LogP contribution in [0.3, 0.4) is 0 Å². The summed E-state index contributed by atoms with van der Waals surface area (Å²) in [5.41, 5.74) is 1.83. The summed E-state index contributed by atoms with van der Waals surface area (Å²) in [5, 5.41) is 10.8. The second kappa shape index (κ2) is 6.90. The topological polar surface area (TPSA) is 50.5 Å². The molecule has 2 saturated heterocycles. The van der Waals surface area contributed by atoms with Crippen molar-refractivity contribution in [1.29, 1.82) is 0 Å². The lowest BCUT2D eigenvalue weighted by Gasteiger charge is -2.43. The van der Waals surface area contributed by atoms with E-state index in [0.29, 0.717) is 19.3 Å². The van der Waals surface area contributed by atoms with Gasteiger partial charge in [0.05, 0.1) is 18.5 Å². The van der Waals surface area contributed by atoms with Crippen LogP contribution in [0.1, 0.15) is 31.7 Å². The third-order valence-corrected chi connectivity index (χ3v) is 5.85. The van der Waals surface area contributed by atoms with Crippen molar-refractivity contribution in [2.45, 2.75) is 44.4 Å². The van der Waals surface area contributed by atoms with E-state index < -0.39 is 5.60 Å². The molecular formula is C20H27N3O2. The van der Waals surface area contributed by atoms with E-state index in [9.17, 15) is 5.11 Å². The lowest BCUT2D eigenvalue weighted by Crippen LogP contribution is -2.52. The Kier molecular flexibility index (Phi) is 4.63. The van der Waals surface area contributed by atoms with E-state index in [0.717, 1.165) is 31.6 Å². The number of imidazole rings is 1. The summed E-state index contributed by atoms with van der Waals surface area (Å²) < 4.78 is 7.70. The molecule has 1 N–H and O–H groups in total. The number of hydrogen-bond donors (Lipinski definition) is 1. The zero-order valence-electron chi connectivity index (χ0n) is 14.8. The average molecular weight is 341 g/mol. The van der Waals surface area contributed by atoms with E-state index in [1.165, 1.54) is 12.0 Å². The van der Waals surface area contributed by atoms with Gasteiger partial charge in [-0.3, -0.25) is 4.90 Å². The Hall–Kier alpha value is -1.69. The molecule has 4 rings (SSSR count). The predicted molar refractivity (Wildman–Crippen MR) is 96.5 cm³/mol. The first kappa shape index (κ1) is 16.8. The highest BCUT2D eigenvalue weighted by Gasteiger charge is 2.43. The fourth-order valence-corrected chi connectivity index (χ4v) is 4.30. The number of nitrogens with zero attached hydrogens (tertiary/aromatic N) is 3. The van der Waals surface area contributed by atoms with Crippen molar-refractivity contribution in [3.8, 4) is 5.69 Å². The smallest absolute Gasteiger partial charge is 0.0991 e. The summed E-state index contributed by atoms with van der Waals surface area (Å²) in [7, 11) is 0. The highest BCUT2D eigenvalue weighted by molar-refractivity contribution is 5.34. The van der Waals surface area contributed by atoms with Gasteiger partial charge in [-0.15, -0.1) is 0 Å². The number of likely N-dealkylation sites (tertiary alicyclic amines) is 1. The van der Waals surface area contributed by atoms with Crippen LogP contribution in [0, 0.1) is 5.92 Å². The SMILES string of the molecule is C[C@]1(O)CCOC[C@@H]1[C@H]1CCCN1Cc1ccc(-n2ccnc2)cc1. The Balaban J connectivity index is 1.46. The van der Waals surface area contributed by atoms with Crippen molar-refractivity contribution in [3.05, 3.63) is 48.5 Å². The van der Waals surface area contributed by atoms with Gasteiger partial charge in [-0.1, -0.05) is 12.1 Å². The number of ether oxygens (including phenoxy) is 1. The molecule has 0 unspecified atom stereocenters. The molecule has 0 saturated carbocycles. The number of rotatable bonds is 4. The molecular weight excluding hydrogens is 314 g/mol. The van der Waals surface area contributed by atoms with Crippen LogP contribution in [0.25, 0.3) is 5.69 Å². The lowest BCUT2D eigenvalue weighted by atomic mass is 9.79. The van der Waals surface area contributed by atoms with Crippen LogP contribution in [0.2, 0.25) is 0 Å². The summed E-state index contributed by atoms with van der Waals surface area (Å²) in [5.74, 6) is 0.203. The van der Waals surface area contributed by atoms with Crippen LogP contribution in [0.15, 0.2) is 43.0 Å². The maximum atomic E-state index is 10.8. The number of aromatic nitrogens is 2. The summed E-state index contributed by atoms with van der Waals surface area (Å²) in [6, 6.07) is 9.08. The Morgan fingerprint density at radius 3 is 2.88 bits per heavy atom. The van der Waals surface area contributed by atoms with Gasteiger partial charge in [0.1, 0.15) is 0 Å². The highest BCUT2D eigenvalue weighted by Crippen LogP contribution is 2.36. The molecule has 2 aliphatic heterocycles. The zero-order chi connectivity index (χ0) is 17.3. The second-order valence-electron chi connectivity index (χ2n) is 7.61. The normalized spacial score (nSPS) is 30.6. The van der Waals surface area contributed by atoms with Crippen LogP contribution < -0.4 is 0 Å². The fourth-order valence-electron chi connectivity index (χ4n) is 4.30. The molecule has 0 aliphatic carbocycles. The zero-order valence-corrected chi connectivity index (χ0v) is 14.8. The van der Waals surface area contributed by atoms with E-state index in [1.807, 2.05) is 24.0 Å². The van der Waals surface area contributed by atoms with Crippen LogP contribution >= 0.6 is 0 Å². The van der Waals surface area contributed by atoms with Gasteiger partial charge in [-0.05, 0) is 50.4 Å². The van der Waals surface area contributed by atoms with Crippen molar-refractivity contribution in [1.82, 2.24) is 14.5 Å². The second-order valence-corrected chi connectivity index (χ2v) is 7.61. The van der Waals surface area contributed by atoms with E-state index >= 15 is 0 Å². The molecule has 3 heterocycles. The van der Waals surface area contributed by atoms with E-state index in [1.54, 1.807) is 6.20 Å². The van der Waals surface area contributed by atoms with Crippen LogP contribution in [0.4, 0.5) is 0 Å². The summed E-state index contributed by atoms with van der Waals surface area (Å²) in [6.07, 6.45) is 8.65. The Morgan fingerprint density at radius 1 is 1.32 bits per heavy atom. The molecule has 2 aromatic rings. The largest absolute Gasteiger partial charge is 0.390 e. The number of aliphatic hydroxyl groups is 1. The van der Waals surface area contributed by atoms with Crippen molar-refractivity contribution in [3.63, 3.8) is 0 Å². The Bertz CT molecular complexity index is 681. The van der Waals surface area contributed by atoms with Crippen molar-refractivity contribution >= 4 is 0 Å². The minimum Gasteiger partial charge on any atom is -0.390 e. The van der Waals surface area contributed by atoms with Gasteiger partial charge in [0.25, 0.3) is 0 Å². The molecule has 3 atom stereocenters. The minimum absolute atomic E-state index is 0.203. The maximum absolute atomic E-state index is 10.8. The molecule has 134 valence electrons. The quantitative estimate of drug-likeness (QED) is 0.929. The van der Waals surface area contributed by atoms with Crippen molar-refractivity contribution in [2.24, 2.45) is 5.92 Å². The first-order chi connectivity index (χ1) is 12.1. The van der Waals surface area contributed by atoms with E-state index in [-0.39, 0.29) is 5.92 Å². The lowest BCUT2D eigenvalue weighted by molar-refractivity contribution is -0.123. The summed E-state index contributed by atoms with van der Waals surface area (Å²) in [4.78, 5) is 6.63. The first-order valence-corrected chi connectivity index (χ1v) is 9.25. The number of hydrogen-bond acceptors (Lipinski definition) is 4. The third-order valence-electron chi connectivity index (χ3n) is 5.85. The van der Waals surface area contributed by atoms with Gasteiger partial charge in [0.15, 0.2) is 0 Å². The first-order valence-electron chi connectivity index (χ1n) is 9.25. The van der Waals surface area contributed by atoms with Crippen molar-refractivity contribution < 1.29 is 9.84 Å². The highest BCUT2D eigenvalue weighted by atomic mass is 16.5. The summed E-state index contributed by atoms with van der Waals surface area (Å²) in [6.45, 7) is 5.36. The monoisotopic (exact) mass is 341 g/mol. The van der Waals surface area contributed by atoms with Gasteiger partial charge < -0.3 is 14.4 Å². The fraction of sp³-hybridized carbons (Fsp3) is 0.550. The van der Waals surface area contributed by atoms with E-state index in [2.05, 4.69) is 34.1 Å². The van der Waals surface area contributed by atoms with Crippen LogP contribution in [0.5, 0.6) is 0 Å². The third kappa shape index (κ3) is 3.50. The molecule has 0 radical (unpaired) electrons. The molecule has 2 aliphatic rings. The Morgan fingerprint density at radius 2 is 2.16 bits per heavy atom. The molecule has 25 heavy (non-hydrogen) atoms. The van der Waals surface area contributed by atoms with Gasteiger partial charge in [0, 0.05) is 43.2 Å². The van der Waals surface area contributed by atoms with E-state index in [4.69, 9.17) is 4.74 Å². The average Bonchev–Trinajstić information content (AvgIpc) is 3.27. The standard InChI is InChI=1S/C20H27N3O2/c1-20(24)8-12-25-14-18(20)19-3-2-10-22(19)13-16-4-6-17(7-5-16)23-11-9-21-15-23/h4-7,9,11,15,18-19,24H,2-3,8,10,12-14H2,1H3/t18-,19-,20+/m1/s1. The molecule has 0 bridgehead atoms. The van der Waals surface area contributed by atoms with Gasteiger partial charge in [-0.2, -0.15) is 0 Å². The predicted octanol–water partition coefficient (Wildman–Crippen LogP) is 2.62. The molecule has 1 aromatic heterocycles. The number of benzene rings is 1. The van der Waals surface area contributed by atoms with Crippen molar-refractivity contribution in [2.75, 3.05) is 19.8 Å². The minimum atomic E-state index is -0.614. The molecule has 5 nitrogen and oxygen atoms in total. The van der Waals surface area contributed by atoms with Crippen LogP contribution in [-0.2, 0) is 11.3 Å². The van der Waals surface area contributed by atoms with Gasteiger partial charge in [0.2, 0.25) is 0 Å². The Labute approximate surface area is 149 Å². The van der Waals surface area contributed by atoms with Gasteiger partial charge >= 0.3 is 0 Å². The molecule has 0 spiro atoms. The molecule has 1 aromatic carbocycles. The van der Waals surface area contributed by atoms with Gasteiger partial charge in [-0.25, -0.2) is 4.98 Å². The molecule has 2 fully saturated rings. The summed E-state index contributed by atoms with van der Waals surface area (Å²) >= 11 is 0. The maximum Gasteiger partial charge on any atom is 0.0991 e. The van der Waals surface area contributed by atoms with Crippen LogP contribution in [-0.4, -0.2) is 51.0 Å². The molecule has 5 heteroatoms. The molecule has 0 amide bonds.